The molecule has 0 amide bonds. The van der Waals surface area contributed by atoms with Crippen molar-refractivity contribution < 1.29 is 13.2 Å². The Balaban J connectivity index is 3.61. The summed E-state index contributed by atoms with van der Waals surface area (Å²) in [7, 11) is 3.21. The van der Waals surface area contributed by atoms with E-state index in [1.807, 2.05) is 21.1 Å². The van der Waals surface area contributed by atoms with E-state index in [1.54, 1.807) is 0 Å². The molecule has 0 aromatic rings. The van der Waals surface area contributed by atoms with Gasteiger partial charge in [0, 0.05) is 17.6 Å². The maximum atomic E-state index is 10.6. The second-order valence-corrected chi connectivity index (χ2v) is 6.79. The highest BCUT2D eigenvalue weighted by Crippen LogP contribution is 1.96. The number of nitrogens with zero attached hydrogens (tertiary/aromatic N) is 1. The van der Waals surface area contributed by atoms with Crippen molar-refractivity contribution in [2.24, 2.45) is 0 Å². The molecule has 11 heavy (non-hydrogen) atoms. The quantitative estimate of drug-likeness (QED) is 0.660. The van der Waals surface area contributed by atoms with E-state index < -0.39 is 8.77 Å². The Kier molecular flexibility index (Phi) is 3.90. The topological polar surface area (TPSA) is 37.3 Å². The minimum Gasteiger partial charge on any atom is -0.331 e. The smallest absolute Gasteiger partial charge is 0.141 e. The van der Waals surface area contributed by atoms with Crippen LogP contribution in [0.15, 0.2) is 0 Å². The molecule has 5 heteroatoms. The third kappa shape index (κ3) is 10.3. The largest absolute Gasteiger partial charge is 0.331 e. The molecule has 0 fully saturated rings. The summed E-state index contributed by atoms with van der Waals surface area (Å²) in [6.45, 7) is 0.883. The van der Waals surface area contributed by atoms with Crippen molar-refractivity contribution in [2.75, 3.05) is 33.4 Å². The van der Waals surface area contributed by atoms with Gasteiger partial charge in [-0.1, -0.05) is 0 Å². The van der Waals surface area contributed by atoms with E-state index in [4.69, 9.17) is 4.55 Å². The van der Waals surface area contributed by atoms with Crippen LogP contribution < -0.4 is 0 Å². The zero-order chi connectivity index (χ0) is 9.12. The first-order chi connectivity index (χ1) is 4.71. The van der Waals surface area contributed by atoms with Crippen LogP contribution in [0, 0.1) is 0 Å². The Morgan fingerprint density at radius 3 is 2.18 bits per heavy atom. The van der Waals surface area contributed by atoms with Crippen LogP contribution in [0.25, 0.3) is 0 Å². The lowest BCUT2D eigenvalue weighted by atomic mass is 10.4. The second-order valence-electron chi connectivity index (χ2n) is 3.65. The molecule has 3 nitrogen and oxygen atoms in total. The third-order valence-electron chi connectivity index (χ3n) is 1.23. The average molecular weight is 198 g/mol. The van der Waals surface area contributed by atoms with Crippen molar-refractivity contribution in [3.8, 4) is 0 Å². The van der Waals surface area contributed by atoms with E-state index in [0.29, 0.717) is 6.42 Å². The number of rotatable bonds is 4. The van der Waals surface area contributed by atoms with Gasteiger partial charge < -0.3 is 9.04 Å². The van der Waals surface area contributed by atoms with Crippen molar-refractivity contribution in [3.05, 3.63) is 0 Å². The van der Waals surface area contributed by atoms with Gasteiger partial charge in [0.15, 0.2) is 0 Å². The molecule has 1 N–H and O–H groups in total. The fourth-order valence-electron chi connectivity index (χ4n) is 0.721. The van der Waals surface area contributed by atoms with Crippen LogP contribution in [-0.4, -0.2) is 46.7 Å². The molecule has 68 valence electrons. The summed E-state index contributed by atoms with van der Waals surface area (Å²) in [6.07, 6.45) is 0.711. The lowest BCUT2D eigenvalue weighted by Gasteiger charge is -2.23. The molecule has 0 rings (SSSR count). The first kappa shape index (κ1) is 11.3. The number of quaternary nitrogens is 1. The number of hydrogen-bond acceptors (Lipinski definition) is 2. The van der Waals surface area contributed by atoms with Crippen molar-refractivity contribution in [1.29, 1.82) is 0 Å². The predicted octanol–water partition coefficient (Wildman–Crippen LogP) is 0.302. The van der Waals surface area contributed by atoms with E-state index in [0.717, 1.165) is 11.0 Å². The monoisotopic (exact) mass is 198 g/mol. The molecular formula is C6H16NO2S2+. The van der Waals surface area contributed by atoms with Gasteiger partial charge >= 0.3 is 0 Å². The lowest BCUT2D eigenvalue weighted by Crippen LogP contribution is -2.36. The minimum absolute atomic E-state index is 0.234. The fraction of sp³-hybridized carbons (Fsp3) is 1.00. The highest BCUT2D eigenvalue weighted by molar-refractivity contribution is 8.29. The average Bonchev–Trinajstić information content (AvgIpc) is 1.55. The Labute approximate surface area is 73.5 Å². The molecule has 1 atom stereocenters. The predicted molar refractivity (Wildman–Crippen MR) is 50.5 cm³/mol. The molecule has 0 saturated heterocycles. The Hall–Kier alpha value is 0.290. The summed E-state index contributed by atoms with van der Waals surface area (Å²) >= 11 is 4.35. The molecule has 0 bridgehead atoms. The third-order valence-corrected chi connectivity index (χ3v) is 2.54. The molecular weight excluding hydrogens is 182 g/mol. The maximum absolute atomic E-state index is 10.6. The van der Waals surface area contributed by atoms with Gasteiger partial charge in [-0.15, -0.1) is 0 Å². The maximum Gasteiger partial charge on any atom is 0.141 e. The standard InChI is InChI=1S/C6H15NO2S2/c1-7(2,3)5-4-6-11(8,9)10/h4-6H2,1-3H3/p+1. The molecule has 0 saturated carbocycles. The lowest BCUT2D eigenvalue weighted by molar-refractivity contribution is -0.870. The van der Waals surface area contributed by atoms with Crippen LogP contribution in [-0.2, 0) is 20.0 Å². The zero-order valence-electron chi connectivity index (χ0n) is 7.24. The highest BCUT2D eigenvalue weighted by atomic mass is 32.8. The van der Waals surface area contributed by atoms with Crippen molar-refractivity contribution >= 4 is 20.0 Å². The summed E-state index contributed by atoms with van der Waals surface area (Å²) in [5.74, 6) is 0.234. The molecule has 0 aromatic carbocycles. The first-order valence-corrected chi connectivity index (χ1v) is 6.07. The van der Waals surface area contributed by atoms with E-state index >= 15 is 0 Å². The van der Waals surface area contributed by atoms with Gasteiger partial charge in [0.2, 0.25) is 0 Å². The van der Waals surface area contributed by atoms with E-state index in [1.165, 1.54) is 0 Å². The van der Waals surface area contributed by atoms with Crippen LogP contribution in [0.4, 0.5) is 0 Å². The molecule has 0 heterocycles. The Bertz CT molecular complexity index is 203. The van der Waals surface area contributed by atoms with E-state index in [-0.39, 0.29) is 5.75 Å². The molecule has 0 radical (unpaired) electrons. The van der Waals surface area contributed by atoms with Gasteiger partial charge in [-0.2, -0.15) is 0 Å². The van der Waals surface area contributed by atoms with Gasteiger partial charge in [0.05, 0.1) is 33.4 Å². The summed E-state index contributed by atoms with van der Waals surface area (Å²) in [4.78, 5) is 0. The van der Waals surface area contributed by atoms with E-state index in [2.05, 4.69) is 11.2 Å². The molecule has 0 aliphatic rings. The van der Waals surface area contributed by atoms with Crippen molar-refractivity contribution in [1.82, 2.24) is 0 Å². The van der Waals surface area contributed by atoms with Crippen LogP contribution in [0.1, 0.15) is 6.42 Å². The zero-order valence-corrected chi connectivity index (χ0v) is 8.87. The summed E-state index contributed by atoms with van der Waals surface area (Å²) < 4.78 is 20.2. The normalized spacial score (nSPS) is 17.8. The van der Waals surface area contributed by atoms with E-state index in [9.17, 15) is 4.21 Å². The molecule has 0 aliphatic carbocycles. The number of hydrogen-bond donors (Lipinski definition) is 1. The SMILES string of the molecule is C[N+](C)(C)CCCS(=O)(O)=S. The molecule has 0 spiro atoms. The van der Waals surface area contributed by atoms with Crippen LogP contribution in [0.2, 0.25) is 0 Å². The molecule has 1 unspecified atom stereocenters. The molecule has 0 aromatic heterocycles. The van der Waals surface area contributed by atoms with Gasteiger partial charge in [-0.05, 0) is 0 Å². The van der Waals surface area contributed by atoms with Crippen LogP contribution in [0.3, 0.4) is 0 Å². The van der Waals surface area contributed by atoms with Gasteiger partial charge in [0.25, 0.3) is 0 Å². The Morgan fingerprint density at radius 2 is 1.91 bits per heavy atom. The fourth-order valence-corrected chi connectivity index (χ4v) is 1.57. The summed E-state index contributed by atoms with van der Waals surface area (Å²) in [5, 5.41) is 0. The van der Waals surface area contributed by atoms with Gasteiger partial charge in [-0.3, -0.25) is 0 Å². The summed E-state index contributed by atoms with van der Waals surface area (Å²) in [5.41, 5.74) is 0. The van der Waals surface area contributed by atoms with Crippen LogP contribution >= 0.6 is 0 Å². The second kappa shape index (κ2) is 3.80. The first-order valence-electron chi connectivity index (χ1n) is 3.46. The van der Waals surface area contributed by atoms with Crippen molar-refractivity contribution in [3.63, 3.8) is 0 Å². The van der Waals surface area contributed by atoms with Crippen molar-refractivity contribution in [2.45, 2.75) is 6.42 Å². The van der Waals surface area contributed by atoms with Gasteiger partial charge in [0.1, 0.15) is 8.77 Å². The highest BCUT2D eigenvalue weighted by Gasteiger charge is 2.08. The van der Waals surface area contributed by atoms with Crippen LogP contribution in [0.5, 0.6) is 0 Å². The van der Waals surface area contributed by atoms with Gasteiger partial charge in [-0.25, -0.2) is 4.21 Å². The summed E-state index contributed by atoms with van der Waals surface area (Å²) in [6, 6.07) is 0. The molecule has 0 aliphatic heterocycles. The Morgan fingerprint density at radius 1 is 1.45 bits per heavy atom. The minimum atomic E-state index is -2.92.